The molecule has 2 aromatic rings. The molecule has 1 amide bonds. The van der Waals surface area contributed by atoms with E-state index in [2.05, 4.69) is 14.5 Å². The standard InChI is InChI=1S/C14H18N4OS/c1-11-16-4-6-17(11)8-12-3-2-5-18(9-12)14(19)13-7-15-10-20-13/h4,6-7,10,12H,2-3,5,8-9H2,1H3. The van der Waals surface area contributed by atoms with E-state index in [1.165, 1.54) is 17.8 Å². The maximum absolute atomic E-state index is 12.4. The fourth-order valence-electron chi connectivity index (χ4n) is 2.75. The van der Waals surface area contributed by atoms with Gasteiger partial charge in [0, 0.05) is 32.0 Å². The second kappa shape index (κ2) is 5.75. The van der Waals surface area contributed by atoms with E-state index in [1.54, 1.807) is 11.7 Å². The number of aryl methyl sites for hydroxylation is 1. The number of hydrogen-bond donors (Lipinski definition) is 0. The summed E-state index contributed by atoms with van der Waals surface area (Å²) < 4.78 is 2.17. The van der Waals surface area contributed by atoms with E-state index in [0.29, 0.717) is 5.92 Å². The lowest BCUT2D eigenvalue weighted by Crippen LogP contribution is -2.40. The van der Waals surface area contributed by atoms with Crippen LogP contribution in [-0.2, 0) is 6.54 Å². The first-order valence-electron chi connectivity index (χ1n) is 6.89. The molecule has 1 fully saturated rings. The molecule has 3 heterocycles. The van der Waals surface area contributed by atoms with Crippen molar-refractivity contribution in [1.29, 1.82) is 0 Å². The number of imidazole rings is 1. The third-order valence-electron chi connectivity index (χ3n) is 3.83. The Morgan fingerprint density at radius 2 is 2.45 bits per heavy atom. The van der Waals surface area contributed by atoms with Crippen LogP contribution in [0.3, 0.4) is 0 Å². The minimum atomic E-state index is 0.125. The zero-order valence-corrected chi connectivity index (χ0v) is 12.3. The minimum Gasteiger partial charge on any atom is -0.338 e. The molecule has 0 bridgehead atoms. The number of aromatic nitrogens is 3. The summed E-state index contributed by atoms with van der Waals surface area (Å²) in [6.45, 7) is 4.64. The van der Waals surface area contributed by atoms with Gasteiger partial charge in [0.2, 0.25) is 0 Å². The van der Waals surface area contributed by atoms with Gasteiger partial charge in [-0.15, -0.1) is 11.3 Å². The molecule has 1 aliphatic heterocycles. The fourth-order valence-corrected chi connectivity index (χ4v) is 3.34. The molecule has 1 unspecified atom stereocenters. The molecule has 0 spiro atoms. The summed E-state index contributed by atoms with van der Waals surface area (Å²) >= 11 is 1.42. The van der Waals surface area contributed by atoms with Gasteiger partial charge < -0.3 is 9.47 Å². The highest BCUT2D eigenvalue weighted by atomic mass is 32.1. The lowest BCUT2D eigenvalue weighted by Gasteiger charge is -2.32. The number of thiazole rings is 1. The van der Waals surface area contributed by atoms with E-state index in [4.69, 9.17) is 0 Å². The molecule has 1 aliphatic rings. The van der Waals surface area contributed by atoms with E-state index >= 15 is 0 Å². The highest BCUT2D eigenvalue weighted by Crippen LogP contribution is 2.21. The Kier molecular flexibility index (Phi) is 3.82. The van der Waals surface area contributed by atoms with Gasteiger partial charge in [0.1, 0.15) is 10.7 Å². The van der Waals surface area contributed by atoms with E-state index in [-0.39, 0.29) is 5.91 Å². The van der Waals surface area contributed by atoms with Gasteiger partial charge in [-0.25, -0.2) is 4.98 Å². The predicted octanol–water partition coefficient (Wildman–Crippen LogP) is 2.20. The monoisotopic (exact) mass is 290 g/mol. The zero-order valence-electron chi connectivity index (χ0n) is 11.5. The van der Waals surface area contributed by atoms with Crippen LogP contribution in [0.5, 0.6) is 0 Å². The van der Waals surface area contributed by atoms with Gasteiger partial charge >= 0.3 is 0 Å². The van der Waals surface area contributed by atoms with Crippen LogP contribution >= 0.6 is 11.3 Å². The van der Waals surface area contributed by atoms with Crippen LogP contribution in [0.4, 0.5) is 0 Å². The van der Waals surface area contributed by atoms with Crippen LogP contribution in [0.1, 0.15) is 28.3 Å². The summed E-state index contributed by atoms with van der Waals surface area (Å²) in [6.07, 6.45) is 7.75. The third-order valence-corrected chi connectivity index (χ3v) is 4.59. The second-order valence-electron chi connectivity index (χ2n) is 5.25. The van der Waals surface area contributed by atoms with Crippen molar-refractivity contribution in [1.82, 2.24) is 19.4 Å². The van der Waals surface area contributed by atoms with Crippen molar-refractivity contribution < 1.29 is 4.79 Å². The van der Waals surface area contributed by atoms with E-state index in [0.717, 1.165) is 36.8 Å². The lowest BCUT2D eigenvalue weighted by molar-refractivity contribution is 0.0666. The molecule has 3 rings (SSSR count). The normalized spacial score (nSPS) is 19.2. The third kappa shape index (κ3) is 2.75. The Labute approximate surface area is 122 Å². The Morgan fingerprint density at radius 1 is 1.55 bits per heavy atom. The predicted molar refractivity (Wildman–Crippen MR) is 77.7 cm³/mol. The van der Waals surface area contributed by atoms with E-state index < -0.39 is 0 Å². The van der Waals surface area contributed by atoms with E-state index in [9.17, 15) is 4.79 Å². The molecule has 6 heteroatoms. The summed E-state index contributed by atoms with van der Waals surface area (Å²) in [5, 5.41) is 0. The molecule has 106 valence electrons. The van der Waals surface area contributed by atoms with Crippen molar-refractivity contribution >= 4 is 17.2 Å². The molecule has 0 radical (unpaired) electrons. The summed E-state index contributed by atoms with van der Waals surface area (Å²) in [5.41, 5.74) is 1.71. The average Bonchev–Trinajstić information content (AvgIpc) is 3.11. The first-order chi connectivity index (χ1) is 9.74. The van der Waals surface area contributed by atoms with Gasteiger partial charge in [0.15, 0.2) is 0 Å². The molecule has 2 aromatic heterocycles. The summed E-state index contributed by atoms with van der Waals surface area (Å²) in [4.78, 5) is 23.3. The SMILES string of the molecule is Cc1nccn1CC1CCCN(C(=O)c2cncs2)C1. The van der Waals surface area contributed by atoms with Gasteiger partial charge in [0.25, 0.3) is 5.91 Å². The van der Waals surface area contributed by atoms with Crippen LogP contribution in [0.2, 0.25) is 0 Å². The van der Waals surface area contributed by atoms with Crippen molar-refractivity contribution in [3.8, 4) is 0 Å². The highest BCUT2D eigenvalue weighted by molar-refractivity contribution is 7.11. The molecule has 5 nitrogen and oxygen atoms in total. The number of piperidine rings is 1. The van der Waals surface area contributed by atoms with Crippen LogP contribution < -0.4 is 0 Å². The smallest absolute Gasteiger partial charge is 0.265 e. The maximum Gasteiger partial charge on any atom is 0.265 e. The van der Waals surface area contributed by atoms with Gasteiger partial charge in [-0.1, -0.05) is 0 Å². The topological polar surface area (TPSA) is 51.0 Å². The number of hydrogen-bond acceptors (Lipinski definition) is 4. The highest BCUT2D eigenvalue weighted by Gasteiger charge is 2.25. The molecular formula is C14H18N4OS. The van der Waals surface area contributed by atoms with Crippen molar-refractivity contribution in [2.24, 2.45) is 5.92 Å². The molecular weight excluding hydrogens is 272 g/mol. The molecule has 1 saturated heterocycles. The zero-order chi connectivity index (χ0) is 13.9. The molecule has 1 atom stereocenters. The quantitative estimate of drug-likeness (QED) is 0.871. The number of likely N-dealkylation sites (tertiary alicyclic amines) is 1. The second-order valence-corrected chi connectivity index (χ2v) is 6.14. The number of carbonyl (C=O) groups is 1. The number of carbonyl (C=O) groups excluding carboxylic acids is 1. The van der Waals surface area contributed by atoms with Crippen LogP contribution in [0.15, 0.2) is 24.1 Å². The van der Waals surface area contributed by atoms with Crippen molar-refractivity contribution in [2.75, 3.05) is 13.1 Å². The van der Waals surface area contributed by atoms with Crippen LogP contribution in [-0.4, -0.2) is 38.4 Å². The Balaban J connectivity index is 1.65. The Morgan fingerprint density at radius 3 is 3.15 bits per heavy atom. The molecule has 20 heavy (non-hydrogen) atoms. The van der Waals surface area contributed by atoms with Gasteiger partial charge in [0.05, 0.1) is 11.7 Å². The minimum absolute atomic E-state index is 0.125. The average molecular weight is 290 g/mol. The fraction of sp³-hybridized carbons (Fsp3) is 0.500. The molecule has 0 aromatic carbocycles. The summed E-state index contributed by atoms with van der Waals surface area (Å²) in [5.74, 6) is 1.67. The Bertz CT molecular complexity index is 578. The molecule has 0 saturated carbocycles. The number of nitrogens with zero attached hydrogens (tertiary/aromatic N) is 4. The van der Waals surface area contributed by atoms with Crippen LogP contribution in [0, 0.1) is 12.8 Å². The van der Waals surface area contributed by atoms with Crippen molar-refractivity contribution in [3.63, 3.8) is 0 Å². The van der Waals surface area contributed by atoms with Crippen LogP contribution in [0.25, 0.3) is 0 Å². The van der Waals surface area contributed by atoms with Gasteiger partial charge in [-0.05, 0) is 25.7 Å². The van der Waals surface area contributed by atoms with Crippen molar-refractivity contribution in [3.05, 3.63) is 34.8 Å². The maximum atomic E-state index is 12.4. The van der Waals surface area contributed by atoms with Crippen molar-refractivity contribution in [2.45, 2.75) is 26.3 Å². The largest absolute Gasteiger partial charge is 0.338 e. The summed E-state index contributed by atoms with van der Waals surface area (Å²) in [6, 6.07) is 0. The van der Waals surface area contributed by atoms with E-state index in [1.807, 2.05) is 24.2 Å². The number of amides is 1. The number of rotatable bonds is 3. The Hall–Kier alpha value is -1.69. The van der Waals surface area contributed by atoms with Gasteiger partial charge in [-0.2, -0.15) is 0 Å². The molecule has 0 N–H and O–H groups in total. The summed E-state index contributed by atoms with van der Waals surface area (Å²) in [7, 11) is 0. The molecule has 0 aliphatic carbocycles. The first kappa shape index (κ1) is 13.3. The lowest BCUT2D eigenvalue weighted by atomic mass is 9.97. The van der Waals surface area contributed by atoms with Gasteiger partial charge in [-0.3, -0.25) is 9.78 Å². The first-order valence-corrected chi connectivity index (χ1v) is 7.77.